The molecule has 0 radical (unpaired) electrons. The van der Waals surface area contributed by atoms with Gasteiger partial charge in [0, 0.05) is 0 Å². The zero-order valence-electron chi connectivity index (χ0n) is 19.5. The summed E-state index contributed by atoms with van der Waals surface area (Å²) in [6.45, 7) is 7.03. The molecule has 0 bridgehead atoms. The lowest BCUT2D eigenvalue weighted by Gasteiger charge is -2.44. The van der Waals surface area contributed by atoms with Crippen LogP contribution in [-0.2, 0) is 0 Å². The van der Waals surface area contributed by atoms with Crippen LogP contribution < -0.4 is 21.9 Å². The number of hydrogen-bond donors (Lipinski definition) is 0. The third-order valence-corrected chi connectivity index (χ3v) is 6.70. The summed E-state index contributed by atoms with van der Waals surface area (Å²) in [5.74, 6) is -25.2. The van der Waals surface area contributed by atoms with Gasteiger partial charge in [0.25, 0.3) is 0 Å². The topological polar surface area (TPSA) is 0 Å². The van der Waals surface area contributed by atoms with Crippen molar-refractivity contribution in [2.75, 3.05) is 0 Å². The van der Waals surface area contributed by atoms with E-state index >= 15 is 17.6 Å². The molecule has 0 spiro atoms. The smallest absolute Gasteiger partial charge is 0.200 e. The molecule has 0 unspecified atom stereocenters. The molecule has 0 aromatic heterocycles. The number of rotatable bonds is 6. The van der Waals surface area contributed by atoms with Crippen LogP contribution in [0.1, 0.15) is 11.1 Å². The van der Waals surface area contributed by atoms with Gasteiger partial charge >= 0.3 is 0 Å². The molecule has 4 aromatic carbocycles. The van der Waals surface area contributed by atoms with Crippen molar-refractivity contribution in [3.63, 3.8) is 0 Å². The van der Waals surface area contributed by atoms with Crippen LogP contribution in [-0.4, -0.2) is 6.15 Å². The highest BCUT2D eigenvalue weighted by atomic mass is 19.2. The van der Waals surface area contributed by atoms with Gasteiger partial charge in [-0.2, -0.15) is 10.9 Å². The second kappa shape index (κ2) is 10.1. The lowest BCUT2D eigenvalue weighted by atomic mass is 9.12. The average molecular weight is 551 g/mol. The van der Waals surface area contributed by atoms with E-state index in [1.807, 2.05) is 0 Å². The zero-order chi connectivity index (χ0) is 28.8. The van der Waals surface area contributed by atoms with Gasteiger partial charge in [-0.1, -0.05) is 73.8 Å². The van der Waals surface area contributed by atoms with Gasteiger partial charge in [0.1, 0.15) is 29.4 Å². The SMILES string of the molecule is C=Cc1ccc([B-](c2ccc(C=C)cc2)(c2c(F)c(F)c(F)c(F)c2F)c2c(F)c(F)c(F)c(F)c2F)cc1. The van der Waals surface area contributed by atoms with E-state index in [1.165, 1.54) is 36.4 Å². The maximum atomic E-state index is 15.5. The zero-order valence-corrected chi connectivity index (χ0v) is 19.5. The van der Waals surface area contributed by atoms with E-state index < -0.39 is 86.2 Å². The fourth-order valence-corrected chi connectivity index (χ4v) is 4.85. The summed E-state index contributed by atoms with van der Waals surface area (Å²) < 4.78 is 149. The lowest BCUT2D eigenvalue weighted by Crippen LogP contribution is -2.78. The Kier molecular flexibility index (Phi) is 7.20. The molecule has 0 fully saturated rings. The first-order valence-electron chi connectivity index (χ1n) is 11.1. The van der Waals surface area contributed by atoms with Gasteiger partial charge < -0.3 is 0 Å². The van der Waals surface area contributed by atoms with Gasteiger partial charge in [-0.05, 0) is 11.1 Å². The largest absolute Gasteiger partial charge is 0.207 e. The molecule has 39 heavy (non-hydrogen) atoms. The first-order chi connectivity index (χ1) is 18.4. The molecule has 0 N–H and O–H groups in total. The molecule has 4 aromatic rings. The predicted octanol–water partition coefficient (Wildman–Crippen LogP) is 5.74. The van der Waals surface area contributed by atoms with Crippen LogP contribution in [0.3, 0.4) is 0 Å². The van der Waals surface area contributed by atoms with Gasteiger partial charge in [0.15, 0.2) is 34.9 Å². The van der Waals surface area contributed by atoms with Crippen LogP contribution >= 0.6 is 0 Å². The minimum absolute atomic E-state index is 0.347. The lowest BCUT2D eigenvalue weighted by molar-refractivity contribution is 0.382. The van der Waals surface area contributed by atoms with Crippen LogP contribution in [0.15, 0.2) is 61.7 Å². The molecule has 0 aliphatic rings. The molecule has 0 saturated carbocycles. The Morgan fingerprint density at radius 1 is 0.385 bits per heavy atom. The Morgan fingerprint density at radius 3 is 0.846 bits per heavy atom. The van der Waals surface area contributed by atoms with Gasteiger partial charge in [0.2, 0.25) is 0 Å². The Labute approximate surface area is 215 Å². The van der Waals surface area contributed by atoms with Crippen LogP contribution in [0, 0.1) is 58.2 Å². The van der Waals surface area contributed by atoms with Crippen molar-refractivity contribution >= 4 is 40.1 Å². The van der Waals surface area contributed by atoms with E-state index in [2.05, 4.69) is 13.2 Å². The third-order valence-electron chi connectivity index (χ3n) is 6.70. The number of benzene rings is 4. The highest BCUT2D eigenvalue weighted by Gasteiger charge is 2.44. The fraction of sp³-hybridized carbons (Fsp3) is 0. The summed E-state index contributed by atoms with van der Waals surface area (Å²) in [5.41, 5.74) is -3.96. The number of halogens is 10. The third kappa shape index (κ3) is 4.03. The summed E-state index contributed by atoms with van der Waals surface area (Å²) in [7, 11) is 0. The molecule has 0 heterocycles. The van der Waals surface area contributed by atoms with E-state index in [-0.39, 0.29) is 0 Å². The molecule has 0 amide bonds. The highest BCUT2D eigenvalue weighted by molar-refractivity contribution is 7.20. The van der Waals surface area contributed by atoms with Crippen molar-refractivity contribution in [1.82, 2.24) is 0 Å². The Bertz CT molecular complexity index is 1450. The van der Waals surface area contributed by atoms with Gasteiger partial charge in [0.05, 0.1) is 0 Å². The minimum Gasteiger partial charge on any atom is -0.207 e. The molecule has 200 valence electrons. The molecule has 0 aliphatic carbocycles. The molecular formula is C28H14BF10-. The normalized spacial score (nSPS) is 11.5. The van der Waals surface area contributed by atoms with E-state index in [9.17, 15) is 26.3 Å². The van der Waals surface area contributed by atoms with Crippen molar-refractivity contribution < 1.29 is 43.9 Å². The summed E-state index contributed by atoms with van der Waals surface area (Å²) in [6.07, 6.45) is -1.73. The molecule has 0 nitrogen and oxygen atoms in total. The van der Waals surface area contributed by atoms with Gasteiger partial charge in [-0.3, -0.25) is 0 Å². The van der Waals surface area contributed by atoms with Crippen molar-refractivity contribution in [3.05, 3.63) is 131 Å². The predicted molar refractivity (Wildman–Crippen MR) is 130 cm³/mol. The molecule has 0 saturated heterocycles. The molecule has 0 aliphatic heterocycles. The quantitative estimate of drug-likeness (QED) is 0.124. The monoisotopic (exact) mass is 551 g/mol. The number of hydrogen-bond acceptors (Lipinski definition) is 0. The van der Waals surface area contributed by atoms with Crippen LogP contribution in [0.4, 0.5) is 43.9 Å². The maximum Gasteiger partial charge on any atom is 0.200 e. The Balaban J connectivity index is 2.40. The summed E-state index contributed by atoms with van der Waals surface area (Å²) in [4.78, 5) is 0. The van der Waals surface area contributed by atoms with Gasteiger partial charge in [-0.25, -0.2) is 43.9 Å². The van der Waals surface area contributed by atoms with Crippen LogP contribution in [0.2, 0.25) is 0 Å². The Morgan fingerprint density at radius 2 is 0.615 bits per heavy atom. The molecule has 0 atom stereocenters. The van der Waals surface area contributed by atoms with Crippen molar-refractivity contribution in [2.45, 2.75) is 0 Å². The summed E-state index contributed by atoms with van der Waals surface area (Å²) in [6, 6.07) is 8.90. The minimum atomic E-state index is -4.33. The van der Waals surface area contributed by atoms with Crippen LogP contribution in [0.25, 0.3) is 12.2 Å². The van der Waals surface area contributed by atoms with E-state index in [1.54, 1.807) is 0 Å². The Hall–Kier alpha value is -4.28. The van der Waals surface area contributed by atoms with Gasteiger partial charge in [-0.15, -0.1) is 10.9 Å². The first-order valence-corrected chi connectivity index (χ1v) is 11.1. The highest BCUT2D eigenvalue weighted by Crippen LogP contribution is 2.25. The van der Waals surface area contributed by atoms with Crippen molar-refractivity contribution in [3.8, 4) is 0 Å². The second-order valence-electron chi connectivity index (χ2n) is 8.57. The molecule has 4 rings (SSSR count). The first kappa shape index (κ1) is 27.8. The van der Waals surface area contributed by atoms with E-state index in [0.717, 1.165) is 24.3 Å². The molecular weight excluding hydrogens is 537 g/mol. The van der Waals surface area contributed by atoms with E-state index in [4.69, 9.17) is 0 Å². The van der Waals surface area contributed by atoms with Crippen LogP contribution in [0.5, 0.6) is 0 Å². The van der Waals surface area contributed by atoms with E-state index in [0.29, 0.717) is 11.1 Å². The fourth-order valence-electron chi connectivity index (χ4n) is 4.85. The van der Waals surface area contributed by atoms with Crippen molar-refractivity contribution in [1.29, 1.82) is 0 Å². The standard InChI is InChI=1S/C28H14BF10/c1-3-13-5-9-15(10-6-13)29(16-11-7-14(4-2)8-12-16,17-19(30)23(34)27(38)24(35)20(17)31)18-21(32)25(36)28(39)26(37)22(18)33/h3-12H,1-2H2/q-1. The summed E-state index contributed by atoms with van der Waals surface area (Å²) >= 11 is 0. The molecule has 11 heteroatoms. The average Bonchev–Trinajstić information content (AvgIpc) is 2.96. The second-order valence-corrected chi connectivity index (χ2v) is 8.57. The maximum absolute atomic E-state index is 15.5. The van der Waals surface area contributed by atoms with Crippen molar-refractivity contribution in [2.24, 2.45) is 0 Å². The summed E-state index contributed by atoms with van der Waals surface area (Å²) in [5, 5.41) is 0.